The highest BCUT2D eigenvalue weighted by atomic mass is 32.2. The summed E-state index contributed by atoms with van der Waals surface area (Å²) in [5.41, 5.74) is 3.23. The Morgan fingerprint density at radius 1 is 1.30 bits per heavy atom. The number of pyridine rings is 1. The predicted molar refractivity (Wildman–Crippen MR) is 83.2 cm³/mol. The van der Waals surface area contributed by atoms with Crippen molar-refractivity contribution < 1.29 is 9.53 Å². The van der Waals surface area contributed by atoms with Crippen molar-refractivity contribution in [1.82, 2.24) is 4.98 Å². The quantitative estimate of drug-likeness (QED) is 0.632. The molecule has 0 aliphatic heterocycles. The molecule has 1 aromatic carbocycles. The summed E-state index contributed by atoms with van der Waals surface area (Å²) in [7, 11) is 0. The second-order valence-electron chi connectivity index (χ2n) is 5.08. The van der Waals surface area contributed by atoms with E-state index >= 15 is 0 Å². The summed E-state index contributed by atoms with van der Waals surface area (Å²) in [6.45, 7) is 7.77. The Morgan fingerprint density at radius 2 is 2.05 bits per heavy atom. The molecule has 0 aliphatic carbocycles. The van der Waals surface area contributed by atoms with Crippen LogP contribution in [-0.4, -0.2) is 22.8 Å². The van der Waals surface area contributed by atoms with E-state index in [2.05, 4.69) is 17.1 Å². The first-order valence-electron chi connectivity index (χ1n) is 6.66. The number of para-hydroxylation sites is 1. The van der Waals surface area contributed by atoms with Gasteiger partial charge in [0.1, 0.15) is 5.03 Å². The van der Waals surface area contributed by atoms with E-state index in [1.807, 2.05) is 39.8 Å². The maximum absolute atomic E-state index is 11.6. The van der Waals surface area contributed by atoms with Gasteiger partial charge in [0, 0.05) is 5.39 Å². The maximum atomic E-state index is 11.6. The van der Waals surface area contributed by atoms with Gasteiger partial charge < -0.3 is 4.74 Å². The zero-order valence-corrected chi connectivity index (χ0v) is 13.1. The molecule has 3 nitrogen and oxygen atoms in total. The Hall–Kier alpha value is -1.55. The zero-order chi connectivity index (χ0) is 14.7. The fourth-order valence-electron chi connectivity index (χ4n) is 2.01. The first-order valence-corrected chi connectivity index (χ1v) is 7.65. The lowest BCUT2D eigenvalue weighted by Crippen LogP contribution is -2.13. The van der Waals surface area contributed by atoms with Crippen LogP contribution in [0.2, 0.25) is 0 Å². The molecule has 20 heavy (non-hydrogen) atoms. The number of fused-ring (bicyclic) bond motifs is 1. The molecule has 0 fully saturated rings. The standard InChI is InChI=1S/C16H19NO2S/c1-10(2)19-14(18)9-20-16-12(4)8-13-7-5-6-11(3)15(13)17-16/h5-8,10H,9H2,1-4H3. The van der Waals surface area contributed by atoms with Crippen LogP contribution in [0.25, 0.3) is 10.9 Å². The van der Waals surface area contributed by atoms with Crippen molar-refractivity contribution in [3.8, 4) is 0 Å². The molecule has 1 heterocycles. The molecule has 0 unspecified atom stereocenters. The van der Waals surface area contributed by atoms with Crippen molar-refractivity contribution in [3.63, 3.8) is 0 Å². The molecule has 2 aromatic rings. The SMILES string of the molecule is Cc1cc2cccc(C)c2nc1SCC(=O)OC(C)C. The van der Waals surface area contributed by atoms with E-state index in [4.69, 9.17) is 4.74 Å². The average Bonchev–Trinajstić information content (AvgIpc) is 2.36. The molecular formula is C16H19NO2S. The molecule has 0 N–H and O–H groups in total. The zero-order valence-electron chi connectivity index (χ0n) is 12.3. The smallest absolute Gasteiger partial charge is 0.316 e. The van der Waals surface area contributed by atoms with Crippen LogP contribution in [0.5, 0.6) is 0 Å². The summed E-state index contributed by atoms with van der Waals surface area (Å²) in [5, 5.41) is 2.03. The topological polar surface area (TPSA) is 39.2 Å². The van der Waals surface area contributed by atoms with Crippen LogP contribution in [0.1, 0.15) is 25.0 Å². The minimum atomic E-state index is -0.198. The monoisotopic (exact) mass is 289 g/mol. The van der Waals surface area contributed by atoms with E-state index in [1.165, 1.54) is 11.8 Å². The number of hydrogen-bond acceptors (Lipinski definition) is 4. The molecule has 0 saturated heterocycles. The van der Waals surface area contributed by atoms with Gasteiger partial charge >= 0.3 is 5.97 Å². The van der Waals surface area contributed by atoms with E-state index in [0.717, 1.165) is 27.1 Å². The van der Waals surface area contributed by atoms with Gasteiger partial charge in [0.05, 0.1) is 17.4 Å². The molecule has 0 bridgehead atoms. The molecule has 0 spiro atoms. The van der Waals surface area contributed by atoms with Crippen molar-refractivity contribution in [2.45, 2.75) is 38.8 Å². The van der Waals surface area contributed by atoms with Gasteiger partial charge in [0.2, 0.25) is 0 Å². The minimum absolute atomic E-state index is 0.0731. The van der Waals surface area contributed by atoms with Gasteiger partial charge in [-0.2, -0.15) is 0 Å². The Labute approximate surface area is 123 Å². The minimum Gasteiger partial charge on any atom is -0.462 e. The third-order valence-corrected chi connectivity index (χ3v) is 3.95. The number of nitrogens with zero attached hydrogens (tertiary/aromatic N) is 1. The largest absolute Gasteiger partial charge is 0.462 e. The lowest BCUT2D eigenvalue weighted by molar-refractivity contribution is -0.144. The molecule has 0 radical (unpaired) electrons. The number of aromatic nitrogens is 1. The summed E-state index contributed by atoms with van der Waals surface area (Å²) in [5.74, 6) is 0.0970. The van der Waals surface area contributed by atoms with E-state index in [1.54, 1.807) is 0 Å². The predicted octanol–water partition coefficient (Wildman–Crippen LogP) is 3.90. The normalized spacial score (nSPS) is 11.1. The lowest BCUT2D eigenvalue weighted by Gasteiger charge is -2.10. The lowest BCUT2D eigenvalue weighted by atomic mass is 10.1. The van der Waals surface area contributed by atoms with Crippen molar-refractivity contribution >= 4 is 28.6 Å². The first kappa shape index (κ1) is 14.9. The van der Waals surface area contributed by atoms with E-state index in [0.29, 0.717) is 5.75 Å². The number of thioether (sulfide) groups is 1. The number of carbonyl (C=O) groups excluding carboxylic acids is 1. The number of hydrogen-bond donors (Lipinski definition) is 0. The van der Waals surface area contributed by atoms with Gasteiger partial charge in [-0.3, -0.25) is 4.79 Å². The van der Waals surface area contributed by atoms with Crippen molar-refractivity contribution in [2.24, 2.45) is 0 Å². The number of esters is 1. The summed E-state index contributed by atoms with van der Waals surface area (Å²) in [6, 6.07) is 8.26. The Balaban J connectivity index is 2.20. The van der Waals surface area contributed by atoms with Gasteiger partial charge in [-0.05, 0) is 44.9 Å². The van der Waals surface area contributed by atoms with Crippen LogP contribution in [-0.2, 0) is 9.53 Å². The molecule has 2 rings (SSSR count). The highest BCUT2D eigenvalue weighted by molar-refractivity contribution is 7.99. The summed E-state index contributed by atoms with van der Waals surface area (Å²) in [4.78, 5) is 16.3. The molecular weight excluding hydrogens is 270 g/mol. The number of rotatable bonds is 4. The number of carbonyl (C=O) groups is 1. The Kier molecular flexibility index (Phi) is 4.65. The van der Waals surface area contributed by atoms with E-state index in [9.17, 15) is 4.79 Å². The molecule has 4 heteroatoms. The Morgan fingerprint density at radius 3 is 2.75 bits per heavy atom. The van der Waals surface area contributed by atoms with Crippen LogP contribution in [0.4, 0.5) is 0 Å². The fraction of sp³-hybridized carbons (Fsp3) is 0.375. The molecule has 0 saturated carbocycles. The summed E-state index contributed by atoms with van der Waals surface area (Å²) < 4.78 is 5.14. The molecule has 106 valence electrons. The summed E-state index contributed by atoms with van der Waals surface area (Å²) >= 11 is 1.44. The van der Waals surface area contributed by atoms with Crippen molar-refractivity contribution in [1.29, 1.82) is 0 Å². The molecule has 0 aliphatic rings. The van der Waals surface area contributed by atoms with Gasteiger partial charge in [-0.15, -0.1) is 0 Å². The third-order valence-electron chi connectivity index (χ3n) is 2.89. The highest BCUT2D eigenvalue weighted by Gasteiger charge is 2.10. The van der Waals surface area contributed by atoms with E-state index < -0.39 is 0 Å². The average molecular weight is 289 g/mol. The second-order valence-corrected chi connectivity index (χ2v) is 6.05. The first-order chi connectivity index (χ1) is 9.47. The second kappa shape index (κ2) is 6.27. The molecule has 0 atom stereocenters. The van der Waals surface area contributed by atoms with Crippen LogP contribution in [0.3, 0.4) is 0 Å². The van der Waals surface area contributed by atoms with Gasteiger partial charge in [0.15, 0.2) is 0 Å². The highest BCUT2D eigenvalue weighted by Crippen LogP contribution is 2.26. The van der Waals surface area contributed by atoms with Gasteiger partial charge in [-0.1, -0.05) is 30.0 Å². The number of benzene rings is 1. The maximum Gasteiger partial charge on any atom is 0.316 e. The van der Waals surface area contributed by atoms with Crippen molar-refractivity contribution in [2.75, 3.05) is 5.75 Å². The molecule has 1 aromatic heterocycles. The van der Waals surface area contributed by atoms with Gasteiger partial charge in [0.25, 0.3) is 0 Å². The molecule has 0 amide bonds. The summed E-state index contributed by atoms with van der Waals surface area (Å²) in [6.07, 6.45) is -0.0731. The van der Waals surface area contributed by atoms with Crippen LogP contribution in [0, 0.1) is 13.8 Å². The fourth-order valence-corrected chi connectivity index (χ4v) is 2.77. The number of aryl methyl sites for hydroxylation is 2. The van der Waals surface area contributed by atoms with Crippen LogP contribution in [0.15, 0.2) is 29.3 Å². The number of ether oxygens (including phenoxy) is 1. The Bertz CT molecular complexity index is 638. The third kappa shape index (κ3) is 3.51. The van der Waals surface area contributed by atoms with E-state index in [-0.39, 0.29) is 12.1 Å². The van der Waals surface area contributed by atoms with Gasteiger partial charge in [-0.25, -0.2) is 4.98 Å². The van der Waals surface area contributed by atoms with Crippen LogP contribution >= 0.6 is 11.8 Å². The van der Waals surface area contributed by atoms with Crippen molar-refractivity contribution in [3.05, 3.63) is 35.4 Å². The van der Waals surface area contributed by atoms with Crippen LogP contribution < -0.4 is 0 Å².